The lowest BCUT2D eigenvalue weighted by molar-refractivity contribution is -0.139. The number of methoxy groups -OCH3 is 2. The van der Waals surface area contributed by atoms with Gasteiger partial charge in [-0.25, -0.2) is 0 Å². The van der Waals surface area contributed by atoms with Crippen molar-refractivity contribution in [1.82, 2.24) is 4.90 Å². The molecule has 1 atom stereocenters. The van der Waals surface area contributed by atoms with E-state index in [1.165, 1.54) is 32.1 Å². The molecule has 0 spiro atoms. The zero-order chi connectivity index (χ0) is 23.4. The molecule has 0 bridgehead atoms. The highest BCUT2D eigenvalue weighted by Crippen LogP contribution is 2.42. The van der Waals surface area contributed by atoms with Gasteiger partial charge in [-0.3, -0.25) is 14.4 Å². The Morgan fingerprint density at radius 1 is 1.06 bits per heavy atom. The Bertz CT molecular complexity index is 1090. The van der Waals surface area contributed by atoms with Crippen LogP contribution in [0.1, 0.15) is 37.4 Å². The molecule has 1 amide bonds. The highest BCUT2D eigenvalue weighted by molar-refractivity contribution is 6.46. The Balaban J connectivity index is 2.23. The fourth-order valence-corrected chi connectivity index (χ4v) is 3.76. The molecule has 2 aromatic carbocycles. The zero-order valence-electron chi connectivity index (χ0n) is 18.4. The Morgan fingerprint density at radius 2 is 1.81 bits per heavy atom. The second-order valence-corrected chi connectivity index (χ2v) is 7.22. The number of benzene rings is 2. The van der Waals surface area contributed by atoms with E-state index in [-0.39, 0.29) is 22.6 Å². The predicted octanol–water partition coefficient (Wildman–Crippen LogP) is 3.46. The van der Waals surface area contributed by atoms with Crippen molar-refractivity contribution in [2.24, 2.45) is 0 Å². The summed E-state index contributed by atoms with van der Waals surface area (Å²) in [5, 5.41) is 11.2. The molecule has 1 N–H and O–H groups in total. The van der Waals surface area contributed by atoms with Crippen LogP contribution in [0.15, 0.2) is 48.0 Å². The van der Waals surface area contributed by atoms with Crippen molar-refractivity contribution < 1.29 is 33.7 Å². The Labute approximate surface area is 186 Å². The van der Waals surface area contributed by atoms with Crippen LogP contribution in [0.3, 0.4) is 0 Å². The van der Waals surface area contributed by atoms with Crippen LogP contribution in [-0.2, 0) is 14.4 Å². The Hall–Kier alpha value is -3.81. The van der Waals surface area contributed by atoms with Gasteiger partial charge in [-0.15, -0.1) is 0 Å². The van der Waals surface area contributed by atoms with E-state index in [0.29, 0.717) is 30.0 Å². The van der Waals surface area contributed by atoms with Crippen LogP contribution >= 0.6 is 0 Å². The summed E-state index contributed by atoms with van der Waals surface area (Å²) in [5.41, 5.74) is 0.678. The number of hydrogen-bond acceptors (Lipinski definition) is 7. The van der Waals surface area contributed by atoms with Gasteiger partial charge in [-0.2, -0.15) is 0 Å². The quantitative estimate of drug-likeness (QED) is 0.232. The Morgan fingerprint density at radius 3 is 2.44 bits per heavy atom. The van der Waals surface area contributed by atoms with Crippen molar-refractivity contribution >= 4 is 23.4 Å². The monoisotopic (exact) mass is 439 g/mol. The van der Waals surface area contributed by atoms with Gasteiger partial charge in [0, 0.05) is 13.5 Å². The lowest BCUT2D eigenvalue weighted by atomic mass is 9.94. The molecule has 1 fully saturated rings. The minimum absolute atomic E-state index is 0.0741. The van der Waals surface area contributed by atoms with E-state index >= 15 is 0 Å². The topological polar surface area (TPSA) is 102 Å². The summed E-state index contributed by atoms with van der Waals surface area (Å²) in [7, 11) is 2.92. The fourth-order valence-electron chi connectivity index (χ4n) is 3.76. The molecular formula is C24H25NO7. The standard InChI is InChI=1S/C24H25NO7/c1-5-11-25-21(15-7-6-8-17(12-15)32-14(2)26)20(23(28)24(25)29)22(27)18-13-16(30-3)9-10-19(18)31-4/h6-10,12-13,21,27H,5,11H2,1-4H3/b22-20+. The van der Waals surface area contributed by atoms with Crippen molar-refractivity contribution in [1.29, 1.82) is 0 Å². The first kappa shape index (κ1) is 22.9. The number of amides is 1. The summed E-state index contributed by atoms with van der Waals surface area (Å²) in [6, 6.07) is 10.5. The smallest absolute Gasteiger partial charge is 0.308 e. The number of likely N-dealkylation sites (tertiary alicyclic amines) is 1. The predicted molar refractivity (Wildman–Crippen MR) is 117 cm³/mol. The summed E-state index contributed by atoms with van der Waals surface area (Å²) in [6.07, 6.45) is 0.607. The molecule has 2 aromatic rings. The second-order valence-electron chi connectivity index (χ2n) is 7.22. The van der Waals surface area contributed by atoms with E-state index < -0.39 is 23.7 Å². The van der Waals surface area contributed by atoms with Crippen LogP contribution in [0.5, 0.6) is 17.2 Å². The molecule has 1 aliphatic heterocycles. The summed E-state index contributed by atoms with van der Waals surface area (Å²) >= 11 is 0. The van der Waals surface area contributed by atoms with Crippen LogP contribution in [0.2, 0.25) is 0 Å². The first-order valence-corrected chi connectivity index (χ1v) is 10.1. The SMILES string of the molecule is CCCN1C(=O)C(=O)/C(=C(/O)c2cc(OC)ccc2OC)C1c1cccc(OC(C)=O)c1. The van der Waals surface area contributed by atoms with E-state index in [1.807, 2.05) is 6.92 Å². The van der Waals surface area contributed by atoms with E-state index in [1.54, 1.807) is 36.4 Å². The van der Waals surface area contributed by atoms with E-state index in [2.05, 4.69) is 0 Å². The molecule has 8 heteroatoms. The number of rotatable bonds is 7. The lowest BCUT2D eigenvalue weighted by Crippen LogP contribution is -2.30. The lowest BCUT2D eigenvalue weighted by Gasteiger charge is -2.25. The van der Waals surface area contributed by atoms with Gasteiger partial charge in [0.05, 0.1) is 31.4 Å². The number of carbonyl (C=O) groups excluding carboxylic acids is 3. The third-order valence-corrected chi connectivity index (χ3v) is 5.10. The zero-order valence-corrected chi connectivity index (χ0v) is 18.4. The number of ether oxygens (including phenoxy) is 3. The molecule has 1 unspecified atom stereocenters. The van der Waals surface area contributed by atoms with E-state index in [9.17, 15) is 19.5 Å². The average molecular weight is 439 g/mol. The number of carbonyl (C=O) groups is 3. The molecule has 1 aliphatic rings. The van der Waals surface area contributed by atoms with Crippen LogP contribution in [-0.4, -0.2) is 48.4 Å². The minimum Gasteiger partial charge on any atom is -0.507 e. The summed E-state index contributed by atoms with van der Waals surface area (Å²) < 4.78 is 15.8. The third kappa shape index (κ3) is 4.30. The van der Waals surface area contributed by atoms with Crippen molar-refractivity contribution in [2.45, 2.75) is 26.3 Å². The highest BCUT2D eigenvalue weighted by atomic mass is 16.5. The third-order valence-electron chi connectivity index (χ3n) is 5.10. The van der Waals surface area contributed by atoms with Gasteiger partial charge in [0.15, 0.2) is 0 Å². The Kier molecular flexibility index (Phi) is 6.82. The van der Waals surface area contributed by atoms with Gasteiger partial charge in [0.1, 0.15) is 23.0 Å². The van der Waals surface area contributed by atoms with Crippen LogP contribution < -0.4 is 14.2 Å². The molecule has 3 rings (SSSR count). The molecule has 32 heavy (non-hydrogen) atoms. The largest absolute Gasteiger partial charge is 0.507 e. The first-order valence-electron chi connectivity index (χ1n) is 10.1. The number of hydrogen-bond donors (Lipinski definition) is 1. The fraction of sp³-hybridized carbons (Fsp3) is 0.292. The molecule has 0 aromatic heterocycles. The summed E-state index contributed by atoms with van der Waals surface area (Å²) in [6.45, 7) is 3.47. The first-order chi connectivity index (χ1) is 15.3. The van der Waals surface area contributed by atoms with Gasteiger partial charge in [-0.05, 0) is 42.3 Å². The van der Waals surface area contributed by atoms with Crippen molar-refractivity contribution in [2.75, 3.05) is 20.8 Å². The van der Waals surface area contributed by atoms with Crippen LogP contribution in [0.25, 0.3) is 5.76 Å². The van der Waals surface area contributed by atoms with Gasteiger partial charge in [-0.1, -0.05) is 19.1 Å². The number of esters is 1. The van der Waals surface area contributed by atoms with Gasteiger partial charge < -0.3 is 24.2 Å². The minimum atomic E-state index is -0.860. The molecule has 0 saturated carbocycles. The summed E-state index contributed by atoms with van der Waals surface area (Å²) in [5.74, 6) is -1.34. The number of aliphatic hydroxyl groups excluding tert-OH is 1. The van der Waals surface area contributed by atoms with Gasteiger partial charge in [0.2, 0.25) is 0 Å². The van der Waals surface area contributed by atoms with E-state index in [4.69, 9.17) is 14.2 Å². The van der Waals surface area contributed by atoms with Gasteiger partial charge in [0.25, 0.3) is 11.7 Å². The number of aliphatic hydroxyl groups is 1. The van der Waals surface area contributed by atoms with Crippen LogP contribution in [0.4, 0.5) is 0 Å². The maximum Gasteiger partial charge on any atom is 0.308 e. The molecule has 1 heterocycles. The molecule has 1 saturated heterocycles. The summed E-state index contributed by atoms with van der Waals surface area (Å²) in [4.78, 5) is 38.7. The molecule has 8 nitrogen and oxygen atoms in total. The second kappa shape index (κ2) is 9.55. The highest BCUT2D eigenvalue weighted by Gasteiger charge is 2.46. The van der Waals surface area contributed by atoms with Crippen LogP contribution in [0, 0.1) is 0 Å². The normalized spacial score (nSPS) is 17.4. The molecular weight excluding hydrogens is 414 g/mol. The van der Waals surface area contributed by atoms with Crippen molar-refractivity contribution in [3.05, 3.63) is 59.2 Å². The van der Waals surface area contributed by atoms with Gasteiger partial charge >= 0.3 is 5.97 Å². The molecule has 0 aliphatic carbocycles. The maximum atomic E-state index is 13.0. The van der Waals surface area contributed by atoms with Crippen molar-refractivity contribution in [3.8, 4) is 17.2 Å². The average Bonchev–Trinajstić information content (AvgIpc) is 3.03. The molecule has 168 valence electrons. The number of ketones is 1. The van der Waals surface area contributed by atoms with Crippen molar-refractivity contribution in [3.63, 3.8) is 0 Å². The number of Topliss-reactive ketones (excluding diaryl/α,β-unsaturated/α-hetero) is 1. The number of nitrogens with zero attached hydrogens (tertiary/aromatic N) is 1. The van der Waals surface area contributed by atoms with E-state index in [0.717, 1.165) is 0 Å². The molecule has 0 radical (unpaired) electrons. The maximum absolute atomic E-state index is 13.0.